The van der Waals surface area contributed by atoms with Crippen LogP contribution < -0.4 is 5.32 Å². The number of nitrogens with zero attached hydrogens (tertiary/aromatic N) is 1. The van der Waals surface area contributed by atoms with Gasteiger partial charge in [-0.2, -0.15) is 0 Å². The molecule has 0 bridgehead atoms. The predicted molar refractivity (Wildman–Crippen MR) is 76.9 cm³/mol. The van der Waals surface area contributed by atoms with Crippen LogP contribution in [0.4, 0.5) is 5.69 Å². The lowest BCUT2D eigenvalue weighted by atomic mass is 10.0. The number of ether oxygens (including phenoxy) is 1. The van der Waals surface area contributed by atoms with E-state index in [1.54, 1.807) is 6.92 Å². The highest BCUT2D eigenvalue weighted by Gasteiger charge is 2.24. The van der Waals surface area contributed by atoms with Crippen molar-refractivity contribution in [3.05, 3.63) is 39.9 Å². The van der Waals surface area contributed by atoms with E-state index >= 15 is 0 Å². The fraction of sp³-hybridized carbons (Fsp3) is 0.429. The van der Waals surface area contributed by atoms with E-state index < -0.39 is 23.0 Å². The standard InChI is InChI=1S/C14H18N2O6/c1-3-13(18)15-12(8-22-9(2)17)14(19)10-4-6-11(7-5-10)16(20)21/h4-7,12,14,19H,3,8H2,1-2H3,(H,15,18). The Labute approximate surface area is 127 Å². The lowest BCUT2D eigenvalue weighted by Gasteiger charge is -2.23. The summed E-state index contributed by atoms with van der Waals surface area (Å²) in [6.07, 6.45) is -0.945. The minimum atomic E-state index is -1.16. The summed E-state index contributed by atoms with van der Waals surface area (Å²) < 4.78 is 4.83. The second-order valence-electron chi connectivity index (χ2n) is 4.62. The van der Waals surface area contributed by atoms with E-state index in [-0.39, 0.29) is 24.6 Å². The van der Waals surface area contributed by atoms with E-state index in [1.165, 1.54) is 31.2 Å². The highest BCUT2D eigenvalue weighted by molar-refractivity contribution is 5.76. The van der Waals surface area contributed by atoms with Gasteiger partial charge >= 0.3 is 5.97 Å². The van der Waals surface area contributed by atoms with Gasteiger partial charge in [-0.25, -0.2) is 0 Å². The molecular weight excluding hydrogens is 292 g/mol. The molecule has 2 N–H and O–H groups in total. The van der Waals surface area contributed by atoms with Crippen LogP contribution in [0.3, 0.4) is 0 Å². The number of aliphatic hydroxyl groups is 1. The highest BCUT2D eigenvalue weighted by atomic mass is 16.6. The van der Waals surface area contributed by atoms with Crippen molar-refractivity contribution in [2.45, 2.75) is 32.4 Å². The first kappa shape index (κ1) is 17.6. The van der Waals surface area contributed by atoms with Crippen molar-refractivity contribution < 1.29 is 24.4 Å². The molecular formula is C14H18N2O6. The van der Waals surface area contributed by atoms with Gasteiger partial charge in [-0.05, 0) is 17.7 Å². The maximum Gasteiger partial charge on any atom is 0.302 e. The van der Waals surface area contributed by atoms with Crippen LogP contribution in [-0.2, 0) is 14.3 Å². The molecule has 8 nitrogen and oxygen atoms in total. The van der Waals surface area contributed by atoms with Crippen molar-refractivity contribution in [2.75, 3.05) is 6.61 Å². The number of amides is 1. The van der Waals surface area contributed by atoms with Gasteiger partial charge in [0.15, 0.2) is 0 Å². The quantitative estimate of drug-likeness (QED) is 0.442. The minimum Gasteiger partial charge on any atom is -0.464 e. The first-order valence-electron chi connectivity index (χ1n) is 6.70. The Morgan fingerprint density at radius 2 is 1.95 bits per heavy atom. The van der Waals surface area contributed by atoms with Crippen LogP contribution >= 0.6 is 0 Å². The Morgan fingerprint density at radius 3 is 2.41 bits per heavy atom. The van der Waals surface area contributed by atoms with Crippen molar-refractivity contribution >= 4 is 17.6 Å². The molecule has 0 radical (unpaired) electrons. The summed E-state index contributed by atoms with van der Waals surface area (Å²) in [4.78, 5) is 32.4. The number of hydrogen-bond acceptors (Lipinski definition) is 6. The summed E-state index contributed by atoms with van der Waals surface area (Å²) in [7, 11) is 0. The fourth-order valence-corrected chi connectivity index (χ4v) is 1.75. The predicted octanol–water partition coefficient (Wildman–Crippen LogP) is 1.09. The monoisotopic (exact) mass is 310 g/mol. The van der Waals surface area contributed by atoms with Crippen molar-refractivity contribution in [1.82, 2.24) is 5.32 Å². The molecule has 0 spiro atoms. The van der Waals surface area contributed by atoms with Gasteiger partial charge in [0.25, 0.3) is 5.69 Å². The molecule has 2 unspecified atom stereocenters. The Bertz CT molecular complexity index is 543. The number of nitrogens with one attached hydrogen (secondary N) is 1. The third-order valence-corrected chi connectivity index (χ3v) is 2.96. The largest absolute Gasteiger partial charge is 0.464 e. The molecule has 1 aromatic carbocycles. The molecule has 22 heavy (non-hydrogen) atoms. The summed E-state index contributed by atoms with van der Waals surface area (Å²) in [5.41, 5.74) is 0.268. The molecule has 0 aliphatic rings. The second-order valence-corrected chi connectivity index (χ2v) is 4.62. The van der Waals surface area contributed by atoms with Crippen LogP contribution in [0.15, 0.2) is 24.3 Å². The van der Waals surface area contributed by atoms with Gasteiger partial charge in [0.1, 0.15) is 12.7 Å². The van der Waals surface area contributed by atoms with E-state index in [0.29, 0.717) is 5.56 Å². The van der Waals surface area contributed by atoms with Crippen molar-refractivity contribution in [3.8, 4) is 0 Å². The molecule has 1 aromatic rings. The molecule has 1 rings (SSSR count). The van der Waals surface area contributed by atoms with Crippen LogP contribution in [0.2, 0.25) is 0 Å². The van der Waals surface area contributed by atoms with Gasteiger partial charge in [-0.15, -0.1) is 0 Å². The number of carbonyl (C=O) groups is 2. The normalized spacial score (nSPS) is 13.0. The van der Waals surface area contributed by atoms with Gasteiger partial charge in [-0.1, -0.05) is 6.92 Å². The van der Waals surface area contributed by atoms with Crippen LogP contribution in [0.5, 0.6) is 0 Å². The van der Waals surface area contributed by atoms with Crippen molar-refractivity contribution in [3.63, 3.8) is 0 Å². The summed E-state index contributed by atoms with van der Waals surface area (Å²) in [5.74, 6) is -0.843. The molecule has 0 fully saturated rings. The zero-order valence-electron chi connectivity index (χ0n) is 12.3. The molecule has 0 saturated carbocycles. The summed E-state index contributed by atoms with van der Waals surface area (Å²) in [6, 6.07) is 4.45. The molecule has 1 amide bonds. The molecule has 0 aliphatic carbocycles. The number of aliphatic hydroxyl groups excluding tert-OH is 1. The Kier molecular flexibility index (Phi) is 6.46. The van der Waals surface area contributed by atoms with E-state index in [9.17, 15) is 24.8 Å². The maximum absolute atomic E-state index is 11.5. The lowest BCUT2D eigenvalue weighted by Crippen LogP contribution is -2.42. The molecule has 2 atom stereocenters. The second kappa shape index (κ2) is 8.08. The number of benzene rings is 1. The Hall–Kier alpha value is -2.48. The Morgan fingerprint density at radius 1 is 1.36 bits per heavy atom. The van der Waals surface area contributed by atoms with E-state index in [2.05, 4.69) is 5.32 Å². The number of nitro groups is 1. The number of rotatable bonds is 7. The average molecular weight is 310 g/mol. The molecule has 0 aromatic heterocycles. The minimum absolute atomic E-state index is 0.106. The van der Waals surface area contributed by atoms with Gasteiger partial charge in [0.05, 0.1) is 11.0 Å². The molecule has 0 saturated heterocycles. The maximum atomic E-state index is 11.5. The zero-order valence-corrected chi connectivity index (χ0v) is 12.3. The van der Waals surface area contributed by atoms with Crippen LogP contribution in [0, 0.1) is 10.1 Å². The number of non-ortho nitro benzene ring substituents is 1. The van der Waals surface area contributed by atoms with Crippen LogP contribution in [0.1, 0.15) is 31.9 Å². The summed E-state index contributed by atoms with van der Waals surface area (Å²) in [5, 5.41) is 23.5. The number of hydrogen-bond donors (Lipinski definition) is 2. The van der Waals surface area contributed by atoms with Gasteiger partial charge in [0, 0.05) is 25.5 Å². The molecule has 8 heteroatoms. The lowest BCUT2D eigenvalue weighted by molar-refractivity contribution is -0.384. The zero-order chi connectivity index (χ0) is 16.7. The van der Waals surface area contributed by atoms with Crippen molar-refractivity contribution in [2.24, 2.45) is 0 Å². The number of nitro benzene ring substituents is 1. The smallest absolute Gasteiger partial charge is 0.302 e. The fourth-order valence-electron chi connectivity index (χ4n) is 1.75. The third kappa shape index (κ3) is 5.13. The van der Waals surface area contributed by atoms with Crippen molar-refractivity contribution in [1.29, 1.82) is 0 Å². The highest BCUT2D eigenvalue weighted by Crippen LogP contribution is 2.21. The molecule has 120 valence electrons. The third-order valence-electron chi connectivity index (χ3n) is 2.96. The van der Waals surface area contributed by atoms with E-state index in [0.717, 1.165) is 0 Å². The van der Waals surface area contributed by atoms with Gasteiger partial charge < -0.3 is 15.2 Å². The number of esters is 1. The van der Waals surface area contributed by atoms with Crippen LogP contribution in [-0.4, -0.2) is 34.6 Å². The number of carbonyl (C=O) groups excluding carboxylic acids is 2. The van der Waals surface area contributed by atoms with E-state index in [4.69, 9.17) is 4.74 Å². The van der Waals surface area contributed by atoms with Gasteiger partial charge in [-0.3, -0.25) is 19.7 Å². The molecule has 0 aliphatic heterocycles. The average Bonchev–Trinajstić information content (AvgIpc) is 2.50. The van der Waals surface area contributed by atoms with Crippen LogP contribution in [0.25, 0.3) is 0 Å². The Balaban J connectivity index is 2.88. The van der Waals surface area contributed by atoms with E-state index in [1.807, 2.05) is 0 Å². The first-order valence-corrected chi connectivity index (χ1v) is 6.70. The van der Waals surface area contributed by atoms with Gasteiger partial charge in [0.2, 0.25) is 5.91 Å². The molecule has 0 heterocycles. The topological polar surface area (TPSA) is 119 Å². The summed E-state index contributed by atoms with van der Waals surface area (Å²) in [6.45, 7) is 2.67. The summed E-state index contributed by atoms with van der Waals surface area (Å²) >= 11 is 0. The first-order chi connectivity index (χ1) is 10.3. The SMILES string of the molecule is CCC(=O)NC(COC(C)=O)C(O)c1ccc([N+](=O)[O-])cc1.